The van der Waals surface area contributed by atoms with Crippen molar-refractivity contribution in [3.8, 4) is 0 Å². The quantitative estimate of drug-likeness (QED) is 0.0228. The molecule has 3 N–H and O–H groups in total. The van der Waals surface area contributed by atoms with Crippen LogP contribution in [-0.4, -0.2) is 89.2 Å². The minimum atomic E-state index is -1.93. The van der Waals surface area contributed by atoms with Gasteiger partial charge in [-0.15, -0.1) is 0 Å². The number of carbonyl (C=O) groups excluding carboxylic acids is 3. The number of ether oxygens (including phenoxy) is 5. The zero-order valence-electron chi connectivity index (χ0n) is 48.5. The molecular weight excluding hydrogens is 997 g/mol. The van der Waals surface area contributed by atoms with Gasteiger partial charge in [-0.3, -0.25) is 14.4 Å². The molecule has 12 heteroatoms. The van der Waals surface area contributed by atoms with Crippen LogP contribution in [0.4, 0.5) is 0 Å². The van der Waals surface area contributed by atoms with Gasteiger partial charge in [0.25, 0.3) is 0 Å². The van der Waals surface area contributed by atoms with Crippen LogP contribution < -0.4 is 0 Å². The van der Waals surface area contributed by atoms with Crippen molar-refractivity contribution < 1.29 is 58.2 Å². The van der Waals surface area contributed by atoms with E-state index >= 15 is 0 Å². The Labute approximate surface area is 476 Å². The average molecular weight is 1100 g/mol. The summed E-state index contributed by atoms with van der Waals surface area (Å²) in [4.78, 5) is 51.1. The Morgan fingerprint density at radius 3 is 1.30 bits per heavy atom. The zero-order chi connectivity index (χ0) is 57.5. The lowest BCUT2D eigenvalue weighted by Crippen LogP contribution is -2.61. The molecule has 6 atom stereocenters. The Balaban J connectivity index is 2.77. The van der Waals surface area contributed by atoms with E-state index in [9.17, 15) is 34.5 Å². The van der Waals surface area contributed by atoms with Crippen LogP contribution in [0.25, 0.3) is 0 Å². The molecular formula is C67H102O12. The highest BCUT2D eigenvalue weighted by molar-refractivity contribution is 5.74. The van der Waals surface area contributed by atoms with E-state index in [1.165, 1.54) is 19.3 Å². The number of allylic oxidation sites excluding steroid dienone is 23. The third kappa shape index (κ3) is 43.1. The van der Waals surface area contributed by atoms with Crippen LogP contribution in [0.1, 0.15) is 201 Å². The molecule has 12 nitrogen and oxygen atoms in total. The molecule has 0 spiro atoms. The van der Waals surface area contributed by atoms with E-state index < -0.39 is 73.9 Å². The molecule has 1 fully saturated rings. The van der Waals surface area contributed by atoms with Gasteiger partial charge in [-0.05, 0) is 122 Å². The predicted octanol–water partition coefficient (Wildman–Crippen LogP) is 15.6. The lowest BCUT2D eigenvalue weighted by atomic mass is 9.98. The smallest absolute Gasteiger partial charge is 0.335 e. The van der Waals surface area contributed by atoms with Crippen LogP contribution in [0.3, 0.4) is 0 Å². The molecule has 1 aliphatic heterocycles. The van der Waals surface area contributed by atoms with Gasteiger partial charge in [-0.1, -0.05) is 205 Å². The lowest BCUT2D eigenvalue weighted by molar-refractivity contribution is -0.301. The van der Waals surface area contributed by atoms with Gasteiger partial charge in [0.05, 0.1) is 13.0 Å². The molecule has 1 heterocycles. The number of aliphatic carboxylic acids is 1. The highest BCUT2D eigenvalue weighted by Crippen LogP contribution is 2.26. The first kappa shape index (κ1) is 71.6. The van der Waals surface area contributed by atoms with Crippen LogP contribution >= 0.6 is 0 Å². The van der Waals surface area contributed by atoms with E-state index in [4.69, 9.17) is 23.7 Å². The van der Waals surface area contributed by atoms with Gasteiger partial charge in [0.2, 0.25) is 0 Å². The van der Waals surface area contributed by atoms with Crippen molar-refractivity contribution in [3.63, 3.8) is 0 Å². The SMILES string of the molecule is CC/C=C\C/C=C\C/C=C\C/C=C\C/C=C\CC(=O)OCC(COC1OC(C(=O)O)C(O)C(O)C1OC(=O)CCCCCCCC/C=C\C/C=C\C/C=C\CCCCC)OC(=O)CCCC/C=C\C/C=C\C/C=C\C/C=C\CC. The second-order valence-corrected chi connectivity index (χ2v) is 19.5. The summed E-state index contributed by atoms with van der Waals surface area (Å²) in [5.41, 5.74) is 0. The molecule has 0 saturated carbocycles. The molecule has 0 bridgehead atoms. The fourth-order valence-electron chi connectivity index (χ4n) is 7.91. The van der Waals surface area contributed by atoms with Crippen molar-refractivity contribution in [1.82, 2.24) is 0 Å². The van der Waals surface area contributed by atoms with Crippen molar-refractivity contribution in [2.24, 2.45) is 0 Å². The first-order chi connectivity index (χ1) is 38.6. The van der Waals surface area contributed by atoms with Crippen LogP contribution in [0.15, 0.2) is 146 Å². The molecule has 0 aromatic carbocycles. The molecule has 442 valence electrons. The van der Waals surface area contributed by atoms with Gasteiger partial charge in [0, 0.05) is 12.8 Å². The molecule has 1 aliphatic rings. The second-order valence-electron chi connectivity index (χ2n) is 19.5. The maximum Gasteiger partial charge on any atom is 0.335 e. The molecule has 0 aromatic heterocycles. The van der Waals surface area contributed by atoms with E-state index in [0.717, 1.165) is 122 Å². The minimum Gasteiger partial charge on any atom is -0.479 e. The number of hydrogen-bond donors (Lipinski definition) is 3. The van der Waals surface area contributed by atoms with E-state index in [0.29, 0.717) is 19.3 Å². The van der Waals surface area contributed by atoms with Gasteiger partial charge in [-0.25, -0.2) is 4.79 Å². The maximum atomic E-state index is 13.1. The number of rotatable bonds is 48. The molecule has 1 saturated heterocycles. The van der Waals surface area contributed by atoms with Crippen molar-refractivity contribution in [1.29, 1.82) is 0 Å². The number of carboxylic acids is 1. The number of aliphatic hydroxyl groups is 2. The highest BCUT2D eigenvalue weighted by Gasteiger charge is 2.50. The van der Waals surface area contributed by atoms with Crippen LogP contribution in [0, 0.1) is 0 Å². The van der Waals surface area contributed by atoms with Gasteiger partial charge >= 0.3 is 23.9 Å². The average Bonchev–Trinajstić information content (AvgIpc) is 3.46. The summed E-state index contributed by atoms with van der Waals surface area (Å²) < 4.78 is 28.2. The molecule has 0 aliphatic carbocycles. The first-order valence-corrected chi connectivity index (χ1v) is 29.8. The third-order valence-corrected chi connectivity index (χ3v) is 12.4. The van der Waals surface area contributed by atoms with Crippen molar-refractivity contribution in [3.05, 3.63) is 146 Å². The summed E-state index contributed by atoms with van der Waals surface area (Å²) in [6.45, 7) is 5.59. The van der Waals surface area contributed by atoms with Crippen molar-refractivity contribution in [2.75, 3.05) is 13.2 Å². The monoisotopic (exact) mass is 1100 g/mol. The number of aliphatic hydroxyl groups excluding tert-OH is 2. The van der Waals surface area contributed by atoms with Crippen LogP contribution in [0.5, 0.6) is 0 Å². The number of esters is 3. The van der Waals surface area contributed by atoms with Gasteiger partial charge < -0.3 is 39.0 Å². The molecule has 0 amide bonds. The van der Waals surface area contributed by atoms with Crippen LogP contribution in [0.2, 0.25) is 0 Å². The number of carbonyl (C=O) groups is 4. The molecule has 79 heavy (non-hydrogen) atoms. The van der Waals surface area contributed by atoms with E-state index in [1.807, 2.05) is 12.2 Å². The summed E-state index contributed by atoms with van der Waals surface area (Å²) in [7, 11) is 0. The summed E-state index contributed by atoms with van der Waals surface area (Å²) in [6, 6.07) is 0. The molecule has 0 aromatic rings. The predicted molar refractivity (Wildman–Crippen MR) is 321 cm³/mol. The first-order valence-electron chi connectivity index (χ1n) is 29.8. The largest absolute Gasteiger partial charge is 0.479 e. The Morgan fingerprint density at radius 1 is 0.443 bits per heavy atom. The second kappa shape index (κ2) is 53.3. The number of carboxylic acid groups (broad SMARTS) is 1. The minimum absolute atomic E-state index is 0.0235. The number of hydrogen-bond acceptors (Lipinski definition) is 11. The van der Waals surface area contributed by atoms with E-state index in [-0.39, 0.29) is 19.3 Å². The van der Waals surface area contributed by atoms with E-state index in [2.05, 4.69) is 148 Å². The van der Waals surface area contributed by atoms with Gasteiger partial charge in [-0.2, -0.15) is 0 Å². The van der Waals surface area contributed by atoms with Crippen molar-refractivity contribution >= 4 is 23.9 Å². The zero-order valence-corrected chi connectivity index (χ0v) is 48.5. The maximum absolute atomic E-state index is 13.1. The highest BCUT2D eigenvalue weighted by atomic mass is 16.7. The Hall–Kier alpha value is -5.40. The Morgan fingerprint density at radius 2 is 0.835 bits per heavy atom. The normalized spacial score (nSPS) is 18.9. The Bertz CT molecular complexity index is 1930. The standard InChI is InChI=1S/C67H102O12/c1-4-7-10-13-16-19-22-25-28-29-30-31-34-37-40-43-46-49-52-55-61(70)78-65-63(72)62(71)64(66(73)74)79-67(65)76-57-58(77-60(69)54-51-48-45-42-39-36-33-27-24-21-18-15-12-9-6-3)56-75-59(68)53-50-47-44-41-38-35-32-26-23-20-17-14-11-8-5-2/h8-9,11-12,16-21,25-28,30-33,38-39,41-42,47,50,58,62-65,67,71-72H,4-7,10,13-15,22-24,29,34-37,40,43-46,48-49,51-57H2,1-3H3,(H,73,74)/b11-8-,12-9-,19-16-,20-17-,21-18-,28-25-,31-30-,32-26-,33-27-,41-38-,42-39-,50-47-. The van der Waals surface area contributed by atoms with Crippen LogP contribution in [-0.2, 0) is 42.9 Å². The molecule has 1 rings (SSSR count). The van der Waals surface area contributed by atoms with E-state index in [1.54, 1.807) is 6.08 Å². The Kier molecular flexibility index (Phi) is 48.3. The fraction of sp³-hybridized carbons (Fsp3) is 0.582. The summed E-state index contributed by atoms with van der Waals surface area (Å²) >= 11 is 0. The summed E-state index contributed by atoms with van der Waals surface area (Å²) in [5.74, 6) is -3.39. The summed E-state index contributed by atoms with van der Waals surface area (Å²) in [5, 5.41) is 31.5. The summed E-state index contributed by atoms with van der Waals surface area (Å²) in [6.07, 6.45) is 64.1. The van der Waals surface area contributed by atoms with Crippen molar-refractivity contribution in [2.45, 2.75) is 237 Å². The topological polar surface area (TPSA) is 175 Å². The molecule has 0 radical (unpaired) electrons. The lowest BCUT2D eigenvalue weighted by Gasteiger charge is -2.40. The fourth-order valence-corrected chi connectivity index (χ4v) is 7.91. The number of unbranched alkanes of at least 4 members (excludes halogenated alkanes) is 11. The third-order valence-electron chi connectivity index (χ3n) is 12.4. The van der Waals surface area contributed by atoms with Gasteiger partial charge in [0.1, 0.15) is 18.8 Å². The van der Waals surface area contributed by atoms with Gasteiger partial charge in [0.15, 0.2) is 24.6 Å². The molecule has 6 unspecified atom stereocenters.